The van der Waals surface area contributed by atoms with E-state index in [1.165, 1.54) is 23.1 Å². The van der Waals surface area contributed by atoms with Crippen LogP contribution < -0.4 is 5.56 Å². The summed E-state index contributed by atoms with van der Waals surface area (Å²) in [5.74, 6) is 0.648. The van der Waals surface area contributed by atoms with Gasteiger partial charge in [-0.15, -0.1) is 22.7 Å². The summed E-state index contributed by atoms with van der Waals surface area (Å²) in [5.41, 5.74) is 2.70. The summed E-state index contributed by atoms with van der Waals surface area (Å²) in [7, 11) is 0. The predicted molar refractivity (Wildman–Crippen MR) is 122 cm³/mol. The van der Waals surface area contributed by atoms with Crippen molar-refractivity contribution in [3.8, 4) is 16.1 Å². The fraction of sp³-hybridized carbons (Fsp3) is 0.0455. The van der Waals surface area contributed by atoms with Crippen LogP contribution >= 0.6 is 34.4 Å². The second-order valence-corrected chi connectivity index (χ2v) is 9.04. The molecule has 0 atom stereocenters. The molecule has 5 aromatic rings. The summed E-state index contributed by atoms with van der Waals surface area (Å²) in [4.78, 5) is 24.8. The van der Waals surface area contributed by atoms with Crippen molar-refractivity contribution in [2.24, 2.45) is 0 Å². The minimum Gasteiger partial charge on any atom is -0.268 e. The van der Waals surface area contributed by atoms with Crippen molar-refractivity contribution < 1.29 is 0 Å². The van der Waals surface area contributed by atoms with Crippen LogP contribution in [-0.4, -0.2) is 14.5 Å². The molecule has 7 heteroatoms. The highest BCUT2D eigenvalue weighted by molar-refractivity contribution is 7.98. The first-order valence-corrected chi connectivity index (χ1v) is 11.7. The molecule has 29 heavy (non-hydrogen) atoms. The van der Waals surface area contributed by atoms with E-state index in [0.29, 0.717) is 16.3 Å². The van der Waals surface area contributed by atoms with Gasteiger partial charge in [0.25, 0.3) is 5.56 Å². The van der Waals surface area contributed by atoms with Crippen molar-refractivity contribution >= 4 is 44.7 Å². The number of nitrogens with zero attached hydrogens (tertiary/aromatic N) is 3. The largest absolute Gasteiger partial charge is 0.268 e. The summed E-state index contributed by atoms with van der Waals surface area (Å²) < 4.78 is 1.72. The fourth-order valence-corrected chi connectivity index (χ4v) is 5.84. The lowest BCUT2D eigenvalue weighted by Crippen LogP contribution is -2.21. The van der Waals surface area contributed by atoms with Gasteiger partial charge in [-0.05, 0) is 35.7 Å². The first-order chi connectivity index (χ1) is 14.3. The topological polar surface area (TPSA) is 47.8 Å². The summed E-state index contributed by atoms with van der Waals surface area (Å²) in [6, 6.07) is 19.6. The van der Waals surface area contributed by atoms with E-state index in [1.54, 1.807) is 22.1 Å². The molecule has 0 aliphatic rings. The average molecular weight is 434 g/mol. The molecule has 5 rings (SSSR count). The molecule has 0 amide bonds. The molecule has 4 nitrogen and oxygen atoms in total. The van der Waals surface area contributed by atoms with Gasteiger partial charge in [0.05, 0.1) is 16.8 Å². The highest BCUT2D eigenvalue weighted by Crippen LogP contribution is 2.35. The van der Waals surface area contributed by atoms with Crippen LogP contribution in [0.3, 0.4) is 0 Å². The zero-order valence-electron chi connectivity index (χ0n) is 15.2. The lowest BCUT2D eigenvalue weighted by Gasteiger charge is -2.12. The Morgan fingerprint density at radius 3 is 2.59 bits per heavy atom. The zero-order chi connectivity index (χ0) is 19.6. The smallest absolute Gasteiger partial charge is 0.268 e. The van der Waals surface area contributed by atoms with E-state index in [2.05, 4.69) is 4.98 Å². The van der Waals surface area contributed by atoms with Crippen LogP contribution in [0.5, 0.6) is 0 Å². The predicted octanol–water partition coefficient (Wildman–Crippen LogP) is 5.86. The summed E-state index contributed by atoms with van der Waals surface area (Å²) in [5, 5.41) is 5.43. The van der Waals surface area contributed by atoms with E-state index in [9.17, 15) is 4.79 Å². The highest BCUT2D eigenvalue weighted by Gasteiger charge is 2.19. The van der Waals surface area contributed by atoms with E-state index >= 15 is 0 Å². The normalized spacial score (nSPS) is 11.2. The van der Waals surface area contributed by atoms with Gasteiger partial charge in [-0.3, -0.25) is 14.3 Å². The number of thiophene rings is 2. The van der Waals surface area contributed by atoms with Crippen LogP contribution in [0.4, 0.5) is 0 Å². The number of hydrogen-bond acceptors (Lipinski definition) is 6. The minimum atomic E-state index is -0.0330. The van der Waals surface area contributed by atoms with E-state index in [4.69, 9.17) is 4.98 Å². The molecule has 0 aliphatic heterocycles. The van der Waals surface area contributed by atoms with Gasteiger partial charge in [-0.1, -0.05) is 42.1 Å². The Kier molecular flexibility index (Phi) is 5.01. The number of benzene rings is 1. The standard InChI is InChI=1S/C22H15N3OS3/c26-21-19-17(18-10-6-12-27-18)14-28-20(19)24-22(25(21)16-8-2-1-3-9-16)29-13-15-7-4-5-11-23-15/h1-12,14H,13H2. The maximum absolute atomic E-state index is 13.6. The second-order valence-electron chi connectivity index (χ2n) is 6.29. The van der Waals surface area contributed by atoms with E-state index in [0.717, 1.165) is 26.7 Å². The Morgan fingerprint density at radius 2 is 1.83 bits per heavy atom. The quantitative estimate of drug-likeness (QED) is 0.257. The molecule has 4 aromatic heterocycles. The molecule has 0 aliphatic carbocycles. The Bertz CT molecular complexity index is 1310. The zero-order valence-corrected chi connectivity index (χ0v) is 17.6. The number of thioether (sulfide) groups is 1. The number of aromatic nitrogens is 3. The van der Waals surface area contributed by atoms with Gasteiger partial charge < -0.3 is 0 Å². The summed E-state index contributed by atoms with van der Waals surface area (Å²) >= 11 is 4.68. The molecule has 0 saturated heterocycles. The van der Waals surface area contributed by atoms with Crippen LogP contribution in [0.1, 0.15) is 5.69 Å². The number of pyridine rings is 1. The summed E-state index contributed by atoms with van der Waals surface area (Å²) in [6.45, 7) is 0. The average Bonchev–Trinajstić information content (AvgIpc) is 3.43. The van der Waals surface area contributed by atoms with Crippen LogP contribution in [0, 0.1) is 0 Å². The first kappa shape index (κ1) is 18.3. The molecule has 0 bridgehead atoms. The minimum absolute atomic E-state index is 0.0330. The molecule has 0 fully saturated rings. The van der Waals surface area contributed by atoms with Crippen molar-refractivity contribution in [3.63, 3.8) is 0 Å². The highest BCUT2D eigenvalue weighted by atomic mass is 32.2. The summed E-state index contributed by atoms with van der Waals surface area (Å²) in [6.07, 6.45) is 1.78. The van der Waals surface area contributed by atoms with Crippen molar-refractivity contribution in [1.82, 2.24) is 14.5 Å². The third kappa shape index (κ3) is 3.53. The maximum atomic E-state index is 13.6. The van der Waals surface area contributed by atoms with Gasteiger partial charge in [-0.2, -0.15) is 0 Å². The number of hydrogen-bond donors (Lipinski definition) is 0. The molecule has 0 unspecified atom stereocenters. The Balaban J connectivity index is 1.69. The van der Waals surface area contributed by atoms with Gasteiger partial charge in [0.15, 0.2) is 5.16 Å². The lowest BCUT2D eigenvalue weighted by atomic mass is 10.2. The van der Waals surface area contributed by atoms with Crippen LogP contribution in [0.15, 0.2) is 87.6 Å². The van der Waals surface area contributed by atoms with Gasteiger partial charge in [-0.25, -0.2) is 4.98 Å². The van der Waals surface area contributed by atoms with Crippen molar-refractivity contribution in [2.45, 2.75) is 10.9 Å². The maximum Gasteiger partial charge on any atom is 0.268 e. The second kappa shape index (κ2) is 7.94. The Morgan fingerprint density at radius 1 is 0.966 bits per heavy atom. The molecule has 142 valence electrons. The van der Waals surface area contributed by atoms with Crippen molar-refractivity contribution in [3.05, 3.63) is 93.7 Å². The Labute approximate surface area is 179 Å². The molecular formula is C22H15N3OS3. The van der Waals surface area contributed by atoms with Crippen LogP contribution in [-0.2, 0) is 5.75 Å². The molecule has 1 aromatic carbocycles. The van der Waals surface area contributed by atoms with Gasteiger partial charge >= 0.3 is 0 Å². The molecule has 0 N–H and O–H groups in total. The third-order valence-electron chi connectivity index (χ3n) is 4.45. The fourth-order valence-electron chi connectivity index (χ4n) is 3.11. The number of para-hydroxylation sites is 1. The third-order valence-corrected chi connectivity index (χ3v) is 7.20. The SMILES string of the molecule is O=c1c2c(-c3cccs3)csc2nc(SCc2ccccn2)n1-c1ccccc1. The number of fused-ring (bicyclic) bond motifs is 1. The van der Waals surface area contributed by atoms with Crippen LogP contribution in [0.25, 0.3) is 26.3 Å². The van der Waals surface area contributed by atoms with E-state index in [1.807, 2.05) is 71.4 Å². The van der Waals surface area contributed by atoms with Crippen molar-refractivity contribution in [2.75, 3.05) is 0 Å². The molecule has 0 radical (unpaired) electrons. The van der Waals surface area contributed by atoms with Crippen molar-refractivity contribution in [1.29, 1.82) is 0 Å². The van der Waals surface area contributed by atoms with E-state index in [-0.39, 0.29) is 5.56 Å². The molecule has 0 saturated carbocycles. The van der Waals surface area contributed by atoms with E-state index < -0.39 is 0 Å². The van der Waals surface area contributed by atoms with Gasteiger partial charge in [0.1, 0.15) is 4.83 Å². The molecule has 0 spiro atoms. The first-order valence-electron chi connectivity index (χ1n) is 8.97. The number of rotatable bonds is 5. The lowest BCUT2D eigenvalue weighted by molar-refractivity contribution is 0.822. The van der Waals surface area contributed by atoms with Gasteiger partial charge in [0, 0.05) is 27.8 Å². The Hall–Kier alpha value is -2.74. The van der Waals surface area contributed by atoms with Gasteiger partial charge in [0.2, 0.25) is 0 Å². The molecule has 4 heterocycles. The molecular weight excluding hydrogens is 418 g/mol. The monoisotopic (exact) mass is 433 g/mol. The van der Waals surface area contributed by atoms with Crippen LogP contribution in [0.2, 0.25) is 0 Å².